The van der Waals surface area contributed by atoms with Crippen LogP contribution < -0.4 is 0 Å². The number of allylic oxidation sites excluding steroid dienone is 3. The van der Waals surface area contributed by atoms with Crippen LogP contribution in [0.15, 0.2) is 23.3 Å². The molecule has 3 rings (SSSR count). The van der Waals surface area contributed by atoms with Gasteiger partial charge in [0, 0.05) is 11.8 Å². The zero-order chi connectivity index (χ0) is 11.2. The molecular formula is C14H20O2. The predicted octanol–water partition coefficient (Wildman–Crippen LogP) is 3.20. The Hall–Kier alpha value is -0.600. The van der Waals surface area contributed by atoms with Crippen molar-refractivity contribution < 1.29 is 9.47 Å². The Kier molecular flexibility index (Phi) is 2.27. The summed E-state index contributed by atoms with van der Waals surface area (Å²) in [5.74, 6) is -0.363. The van der Waals surface area contributed by atoms with Crippen molar-refractivity contribution in [3.8, 4) is 0 Å². The van der Waals surface area contributed by atoms with E-state index in [-0.39, 0.29) is 5.79 Å². The van der Waals surface area contributed by atoms with E-state index in [2.05, 4.69) is 26.0 Å². The molecular weight excluding hydrogens is 200 g/mol. The maximum Gasteiger partial charge on any atom is 0.188 e. The maximum atomic E-state index is 5.79. The standard InChI is InChI=1S/C14H20O2/c1-3-11-4-5-12-10-14(15-8-9-16-14)7-6-13(11,12)2/h3,10H,4-9H2,1-2H3/b11-3-/t13-/m1/s1. The Morgan fingerprint density at radius 1 is 1.19 bits per heavy atom. The predicted molar refractivity (Wildman–Crippen MR) is 63.1 cm³/mol. The minimum absolute atomic E-state index is 0.301. The molecule has 0 radical (unpaired) electrons. The van der Waals surface area contributed by atoms with Crippen LogP contribution in [0.3, 0.4) is 0 Å². The van der Waals surface area contributed by atoms with E-state index in [1.807, 2.05) is 0 Å². The average molecular weight is 220 g/mol. The summed E-state index contributed by atoms with van der Waals surface area (Å²) in [7, 11) is 0. The smallest absolute Gasteiger partial charge is 0.188 e. The van der Waals surface area contributed by atoms with Gasteiger partial charge in [0.2, 0.25) is 0 Å². The molecule has 1 saturated heterocycles. The summed E-state index contributed by atoms with van der Waals surface area (Å²) >= 11 is 0. The molecule has 2 heteroatoms. The molecule has 0 aromatic carbocycles. The molecule has 0 aromatic heterocycles. The number of hydrogen-bond donors (Lipinski definition) is 0. The topological polar surface area (TPSA) is 18.5 Å². The fourth-order valence-electron chi connectivity index (χ4n) is 3.50. The molecule has 2 nitrogen and oxygen atoms in total. The molecule has 2 aliphatic carbocycles. The first-order chi connectivity index (χ1) is 7.69. The summed E-state index contributed by atoms with van der Waals surface area (Å²) in [5, 5.41) is 0. The lowest BCUT2D eigenvalue weighted by atomic mass is 9.72. The van der Waals surface area contributed by atoms with E-state index < -0.39 is 0 Å². The van der Waals surface area contributed by atoms with Crippen LogP contribution in [0.4, 0.5) is 0 Å². The monoisotopic (exact) mass is 220 g/mol. The molecule has 1 saturated carbocycles. The lowest BCUT2D eigenvalue weighted by Crippen LogP contribution is -2.36. The fourth-order valence-corrected chi connectivity index (χ4v) is 3.50. The van der Waals surface area contributed by atoms with Gasteiger partial charge in [0.05, 0.1) is 13.2 Å². The summed E-state index contributed by atoms with van der Waals surface area (Å²) in [5.41, 5.74) is 3.44. The van der Waals surface area contributed by atoms with Gasteiger partial charge in [-0.15, -0.1) is 0 Å². The quantitative estimate of drug-likeness (QED) is 0.584. The number of ether oxygens (including phenoxy) is 2. The van der Waals surface area contributed by atoms with Crippen molar-refractivity contribution in [3.63, 3.8) is 0 Å². The van der Waals surface area contributed by atoms with Crippen molar-refractivity contribution >= 4 is 0 Å². The van der Waals surface area contributed by atoms with Gasteiger partial charge in [0.15, 0.2) is 5.79 Å². The van der Waals surface area contributed by atoms with Crippen LogP contribution in [0.2, 0.25) is 0 Å². The Balaban J connectivity index is 1.98. The maximum absolute atomic E-state index is 5.79. The number of rotatable bonds is 0. The Bertz CT molecular complexity index is 361. The molecule has 1 heterocycles. The van der Waals surface area contributed by atoms with Crippen molar-refractivity contribution in [2.24, 2.45) is 5.41 Å². The molecule has 16 heavy (non-hydrogen) atoms. The van der Waals surface area contributed by atoms with Crippen molar-refractivity contribution in [1.82, 2.24) is 0 Å². The van der Waals surface area contributed by atoms with E-state index in [9.17, 15) is 0 Å². The van der Waals surface area contributed by atoms with Crippen molar-refractivity contribution in [1.29, 1.82) is 0 Å². The first-order valence-corrected chi connectivity index (χ1v) is 6.34. The summed E-state index contributed by atoms with van der Waals surface area (Å²) in [6.45, 7) is 6.04. The van der Waals surface area contributed by atoms with E-state index >= 15 is 0 Å². The van der Waals surface area contributed by atoms with Gasteiger partial charge < -0.3 is 9.47 Å². The van der Waals surface area contributed by atoms with Gasteiger partial charge in [-0.2, -0.15) is 0 Å². The molecule has 0 unspecified atom stereocenters. The molecule has 1 spiro atoms. The minimum atomic E-state index is -0.363. The molecule has 2 fully saturated rings. The second kappa shape index (κ2) is 3.44. The molecule has 0 aromatic rings. The van der Waals surface area contributed by atoms with E-state index in [4.69, 9.17) is 9.47 Å². The third-order valence-electron chi connectivity index (χ3n) is 4.57. The highest BCUT2D eigenvalue weighted by molar-refractivity contribution is 5.38. The first-order valence-electron chi connectivity index (χ1n) is 6.34. The Morgan fingerprint density at radius 3 is 2.62 bits per heavy atom. The van der Waals surface area contributed by atoms with Crippen LogP contribution in [0.1, 0.15) is 39.5 Å². The number of fused-ring (bicyclic) bond motifs is 1. The van der Waals surface area contributed by atoms with E-state index in [0.29, 0.717) is 5.41 Å². The van der Waals surface area contributed by atoms with E-state index in [1.54, 1.807) is 5.57 Å². The Labute approximate surface area is 97.3 Å². The third-order valence-corrected chi connectivity index (χ3v) is 4.57. The summed E-state index contributed by atoms with van der Waals surface area (Å²) in [6, 6.07) is 0. The second-order valence-corrected chi connectivity index (χ2v) is 5.32. The normalized spacial score (nSPS) is 39.1. The van der Waals surface area contributed by atoms with E-state index in [1.165, 1.54) is 24.8 Å². The largest absolute Gasteiger partial charge is 0.344 e. The summed E-state index contributed by atoms with van der Waals surface area (Å²) in [4.78, 5) is 0. The highest BCUT2D eigenvalue weighted by Gasteiger charge is 2.47. The molecule has 3 aliphatic rings. The van der Waals surface area contributed by atoms with Gasteiger partial charge in [0.25, 0.3) is 0 Å². The van der Waals surface area contributed by atoms with E-state index in [0.717, 1.165) is 19.6 Å². The SMILES string of the molecule is C/C=C1/CCC2=CC3(CC[C@@]21C)OCCO3. The third kappa shape index (κ3) is 1.33. The fraction of sp³-hybridized carbons (Fsp3) is 0.714. The van der Waals surface area contributed by atoms with Gasteiger partial charge in [-0.1, -0.05) is 24.1 Å². The Morgan fingerprint density at radius 2 is 1.94 bits per heavy atom. The molecule has 1 aliphatic heterocycles. The number of hydrogen-bond acceptors (Lipinski definition) is 2. The molecule has 0 amide bonds. The van der Waals surface area contributed by atoms with Crippen molar-refractivity contribution in [2.45, 2.75) is 45.3 Å². The van der Waals surface area contributed by atoms with Crippen molar-refractivity contribution in [2.75, 3.05) is 13.2 Å². The first kappa shape index (κ1) is 10.5. The van der Waals surface area contributed by atoms with Gasteiger partial charge in [0.1, 0.15) is 0 Å². The molecule has 88 valence electrons. The van der Waals surface area contributed by atoms with Crippen LogP contribution in [0.5, 0.6) is 0 Å². The van der Waals surface area contributed by atoms with Gasteiger partial charge in [-0.25, -0.2) is 0 Å². The van der Waals surface area contributed by atoms with Gasteiger partial charge >= 0.3 is 0 Å². The molecule has 1 atom stereocenters. The second-order valence-electron chi connectivity index (χ2n) is 5.32. The van der Waals surface area contributed by atoms with Crippen LogP contribution in [0.25, 0.3) is 0 Å². The van der Waals surface area contributed by atoms with Crippen LogP contribution in [0, 0.1) is 5.41 Å². The highest BCUT2D eigenvalue weighted by Crippen LogP contribution is 2.55. The lowest BCUT2D eigenvalue weighted by molar-refractivity contribution is -0.130. The average Bonchev–Trinajstić information content (AvgIpc) is 2.85. The zero-order valence-electron chi connectivity index (χ0n) is 10.2. The highest BCUT2D eigenvalue weighted by atomic mass is 16.7. The van der Waals surface area contributed by atoms with Crippen molar-refractivity contribution in [3.05, 3.63) is 23.3 Å². The van der Waals surface area contributed by atoms with Gasteiger partial charge in [-0.05, 0) is 32.3 Å². The lowest BCUT2D eigenvalue weighted by Gasteiger charge is -2.38. The molecule has 0 bridgehead atoms. The van der Waals surface area contributed by atoms with Gasteiger partial charge in [-0.3, -0.25) is 0 Å². The van der Waals surface area contributed by atoms with Crippen LogP contribution in [-0.2, 0) is 9.47 Å². The van der Waals surface area contributed by atoms with Crippen LogP contribution in [-0.4, -0.2) is 19.0 Å². The summed E-state index contributed by atoms with van der Waals surface area (Å²) in [6.07, 6.45) is 9.15. The zero-order valence-corrected chi connectivity index (χ0v) is 10.2. The minimum Gasteiger partial charge on any atom is -0.344 e. The molecule has 0 N–H and O–H groups in total. The van der Waals surface area contributed by atoms with Crippen LogP contribution >= 0.6 is 0 Å². The summed E-state index contributed by atoms with van der Waals surface area (Å²) < 4.78 is 11.6.